The molecule has 4 N–H and O–H groups in total. The molecule has 0 unspecified atom stereocenters. The lowest BCUT2D eigenvalue weighted by Crippen LogP contribution is -2.29. The number of aryl methyl sites for hydroxylation is 1. The van der Waals surface area contributed by atoms with Crippen LogP contribution >= 0.6 is 12.4 Å². The molecule has 1 heterocycles. The average Bonchev–Trinajstić information content (AvgIpc) is 2.69. The van der Waals surface area contributed by atoms with Gasteiger partial charge in [0.05, 0.1) is 12.2 Å². The van der Waals surface area contributed by atoms with Gasteiger partial charge in [-0.1, -0.05) is 12.1 Å². The Bertz CT molecular complexity index is 414. The van der Waals surface area contributed by atoms with Crippen LogP contribution in [0.5, 0.6) is 0 Å². The van der Waals surface area contributed by atoms with Gasteiger partial charge in [0.1, 0.15) is 0 Å². The fourth-order valence-electron chi connectivity index (χ4n) is 2.07. The van der Waals surface area contributed by atoms with Crippen LogP contribution in [0.2, 0.25) is 0 Å². The molecule has 0 spiro atoms. The number of hydrogen-bond donors (Lipinski definition) is 3. The Labute approximate surface area is 118 Å². The molecule has 106 valence electrons. The number of benzene rings is 1. The molecule has 1 fully saturated rings. The molecule has 1 saturated heterocycles. The number of carbonyl (C=O) groups is 1. The SMILES string of the molecule is Cl.Nc1ccc(CCC(=O)N2C[C@H](O)[C@@H](O)C2)cc1. The molecule has 0 bridgehead atoms. The largest absolute Gasteiger partial charge is 0.399 e. The van der Waals surface area contributed by atoms with Crippen molar-refractivity contribution in [2.45, 2.75) is 25.0 Å². The Hall–Kier alpha value is -1.30. The van der Waals surface area contributed by atoms with Crippen LogP contribution in [0.1, 0.15) is 12.0 Å². The summed E-state index contributed by atoms with van der Waals surface area (Å²) in [5.74, 6) is -0.0394. The van der Waals surface area contributed by atoms with Crippen LogP contribution in [0.4, 0.5) is 5.69 Å². The van der Waals surface area contributed by atoms with Gasteiger partial charge in [-0.3, -0.25) is 4.79 Å². The summed E-state index contributed by atoms with van der Waals surface area (Å²) in [5.41, 5.74) is 7.34. The molecule has 1 aliphatic heterocycles. The highest BCUT2D eigenvalue weighted by molar-refractivity contribution is 5.85. The molecule has 1 amide bonds. The Balaban J connectivity index is 0.00000180. The fraction of sp³-hybridized carbons (Fsp3) is 0.462. The van der Waals surface area contributed by atoms with Crippen molar-refractivity contribution in [3.8, 4) is 0 Å². The first kappa shape index (κ1) is 15.8. The number of hydrogen-bond acceptors (Lipinski definition) is 4. The summed E-state index contributed by atoms with van der Waals surface area (Å²) >= 11 is 0. The summed E-state index contributed by atoms with van der Waals surface area (Å²) in [5, 5.41) is 18.8. The third-order valence-electron chi connectivity index (χ3n) is 3.22. The number of nitrogens with zero attached hydrogens (tertiary/aromatic N) is 1. The zero-order valence-electron chi connectivity index (χ0n) is 10.5. The zero-order valence-corrected chi connectivity index (χ0v) is 11.3. The monoisotopic (exact) mass is 286 g/mol. The van der Waals surface area contributed by atoms with E-state index in [0.717, 1.165) is 5.56 Å². The molecular weight excluding hydrogens is 268 g/mol. The Kier molecular flexibility index (Phi) is 5.60. The van der Waals surface area contributed by atoms with E-state index in [4.69, 9.17) is 5.73 Å². The minimum Gasteiger partial charge on any atom is -0.399 e. The van der Waals surface area contributed by atoms with Gasteiger partial charge >= 0.3 is 0 Å². The van der Waals surface area contributed by atoms with Crippen LogP contribution in [-0.2, 0) is 11.2 Å². The number of β-amino-alcohol motifs (C(OH)–C–C–N with tert-alkyl or cyclic N) is 2. The van der Waals surface area contributed by atoms with E-state index in [-0.39, 0.29) is 31.4 Å². The lowest BCUT2D eigenvalue weighted by molar-refractivity contribution is -0.130. The van der Waals surface area contributed by atoms with E-state index in [0.29, 0.717) is 18.5 Å². The molecule has 0 aliphatic carbocycles. The number of likely N-dealkylation sites (tertiary alicyclic amines) is 1. The molecule has 0 radical (unpaired) electrons. The smallest absolute Gasteiger partial charge is 0.223 e. The van der Waals surface area contributed by atoms with Crippen molar-refractivity contribution in [3.05, 3.63) is 29.8 Å². The first-order valence-electron chi connectivity index (χ1n) is 6.04. The number of rotatable bonds is 3. The number of aliphatic hydroxyl groups is 2. The highest BCUT2D eigenvalue weighted by Crippen LogP contribution is 2.13. The standard InChI is InChI=1S/C13H18N2O3.ClH/c14-10-4-1-9(2-5-10)3-6-13(18)15-7-11(16)12(17)8-15;/h1-2,4-5,11-12,16-17H,3,6-8,14H2;1H/t11-,12-;/m0./s1. The van der Waals surface area contributed by atoms with Crippen LogP contribution < -0.4 is 5.73 Å². The van der Waals surface area contributed by atoms with Gasteiger partial charge in [-0.05, 0) is 24.1 Å². The molecule has 1 aromatic carbocycles. The van der Waals surface area contributed by atoms with Gasteiger partial charge in [0.25, 0.3) is 0 Å². The maximum atomic E-state index is 11.9. The molecule has 19 heavy (non-hydrogen) atoms. The van der Waals surface area contributed by atoms with Gasteiger partial charge in [-0.15, -0.1) is 12.4 Å². The molecule has 2 atom stereocenters. The molecule has 2 rings (SSSR count). The summed E-state index contributed by atoms with van der Waals surface area (Å²) < 4.78 is 0. The van der Waals surface area contributed by atoms with Crippen molar-refractivity contribution >= 4 is 24.0 Å². The zero-order chi connectivity index (χ0) is 13.1. The van der Waals surface area contributed by atoms with Crippen molar-refractivity contribution in [1.82, 2.24) is 4.90 Å². The topological polar surface area (TPSA) is 86.8 Å². The van der Waals surface area contributed by atoms with Crippen molar-refractivity contribution < 1.29 is 15.0 Å². The predicted molar refractivity (Wildman–Crippen MR) is 75.0 cm³/mol. The van der Waals surface area contributed by atoms with Crippen molar-refractivity contribution in [2.75, 3.05) is 18.8 Å². The number of aliphatic hydroxyl groups excluding tert-OH is 2. The highest BCUT2D eigenvalue weighted by Gasteiger charge is 2.31. The molecular formula is C13H19ClN2O3. The third kappa shape index (κ3) is 4.09. The maximum Gasteiger partial charge on any atom is 0.223 e. The van der Waals surface area contributed by atoms with E-state index in [9.17, 15) is 15.0 Å². The Morgan fingerprint density at radius 2 is 1.74 bits per heavy atom. The fourth-order valence-corrected chi connectivity index (χ4v) is 2.07. The van der Waals surface area contributed by atoms with Crippen LogP contribution in [0, 0.1) is 0 Å². The third-order valence-corrected chi connectivity index (χ3v) is 3.22. The van der Waals surface area contributed by atoms with E-state index < -0.39 is 12.2 Å². The first-order valence-corrected chi connectivity index (χ1v) is 6.04. The normalized spacial score (nSPS) is 22.1. The quantitative estimate of drug-likeness (QED) is 0.692. The Morgan fingerprint density at radius 1 is 1.21 bits per heavy atom. The summed E-state index contributed by atoms with van der Waals surface area (Å²) in [6, 6.07) is 7.42. The van der Waals surface area contributed by atoms with Gasteiger partial charge in [0.2, 0.25) is 5.91 Å². The lowest BCUT2D eigenvalue weighted by atomic mass is 10.1. The summed E-state index contributed by atoms with van der Waals surface area (Å²) in [6.45, 7) is 0.448. The molecule has 0 aromatic heterocycles. The molecule has 0 saturated carbocycles. The lowest BCUT2D eigenvalue weighted by Gasteiger charge is -2.15. The van der Waals surface area contributed by atoms with E-state index in [2.05, 4.69) is 0 Å². The second kappa shape index (κ2) is 6.75. The first-order chi connectivity index (χ1) is 8.56. The van der Waals surface area contributed by atoms with Gasteiger partial charge in [-0.2, -0.15) is 0 Å². The predicted octanol–water partition coefficient (Wildman–Crippen LogP) is 0.187. The van der Waals surface area contributed by atoms with Gasteiger partial charge in [0.15, 0.2) is 0 Å². The minimum absolute atomic E-state index is 0. The average molecular weight is 287 g/mol. The van der Waals surface area contributed by atoms with E-state index in [1.165, 1.54) is 4.90 Å². The van der Waals surface area contributed by atoms with Crippen LogP contribution in [0.3, 0.4) is 0 Å². The molecule has 5 nitrogen and oxygen atoms in total. The Morgan fingerprint density at radius 3 is 2.26 bits per heavy atom. The second-order valence-electron chi connectivity index (χ2n) is 4.67. The van der Waals surface area contributed by atoms with Crippen LogP contribution in [0.25, 0.3) is 0 Å². The summed E-state index contributed by atoms with van der Waals surface area (Å²) in [7, 11) is 0. The molecule has 1 aliphatic rings. The molecule has 6 heteroatoms. The number of nitrogen functional groups attached to an aromatic ring is 1. The van der Waals surface area contributed by atoms with Crippen molar-refractivity contribution in [3.63, 3.8) is 0 Å². The van der Waals surface area contributed by atoms with E-state index >= 15 is 0 Å². The summed E-state index contributed by atoms with van der Waals surface area (Å²) in [6.07, 6.45) is -0.610. The minimum atomic E-state index is -0.814. The van der Waals surface area contributed by atoms with Crippen molar-refractivity contribution in [1.29, 1.82) is 0 Å². The van der Waals surface area contributed by atoms with Crippen molar-refractivity contribution in [2.24, 2.45) is 0 Å². The van der Waals surface area contributed by atoms with Gasteiger partial charge in [-0.25, -0.2) is 0 Å². The van der Waals surface area contributed by atoms with E-state index in [1.54, 1.807) is 0 Å². The summed E-state index contributed by atoms with van der Waals surface area (Å²) in [4.78, 5) is 13.4. The van der Waals surface area contributed by atoms with E-state index in [1.807, 2.05) is 24.3 Å². The number of carbonyl (C=O) groups excluding carboxylic acids is 1. The van der Waals surface area contributed by atoms with Crippen LogP contribution in [0.15, 0.2) is 24.3 Å². The number of anilines is 1. The number of halogens is 1. The number of amides is 1. The van der Waals surface area contributed by atoms with Gasteiger partial charge in [0, 0.05) is 25.2 Å². The number of nitrogens with two attached hydrogens (primary N) is 1. The highest BCUT2D eigenvalue weighted by atomic mass is 35.5. The van der Waals surface area contributed by atoms with Gasteiger partial charge < -0.3 is 20.8 Å². The second-order valence-corrected chi connectivity index (χ2v) is 4.67. The maximum absolute atomic E-state index is 11.9. The molecule has 1 aromatic rings. The van der Waals surface area contributed by atoms with Crippen LogP contribution in [-0.4, -0.2) is 46.3 Å².